The Morgan fingerprint density at radius 1 is 0.338 bits per heavy atom. The van der Waals surface area contributed by atoms with E-state index in [0.29, 0.717) is 25.7 Å². The van der Waals surface area contributed by atoms with Crippen molar-refractivity contribution in [2.45, 2.75) is 219 Å². The molecule has 366 valence electrons. The second kappa shape index (κ2) is 52.4. The lowest BCUT2D eigenvalue weighted by Crippen LogP contribution is -2.30. The van der Waals surface area contributed by atoms with Crippen molar-refractivity contribution in [2.75, 3.05) is 13.2 Å². The van der Waals surface area contributed by atoms with E-state index < -0.39 is 6.10 Å². The van der Waals surface area contributed by atoms with Gasteiger partial charge in [0, 0.05) is 19.3 Å². The predicted molar refractivity (Wildman–Crippen MR) is 279 cm³/mol. The van der Waals surface area contributed by atoms with Gasteiger partial charge in [0.2, 0.25) is 0 Å². The highest BCUT2D eigenvalue weighted by atomic mass is 16.6. The molecule has 0 heterocycles. The third-order valence-electron chi connectivity index (χ3n) is 10.5. The topological polar surface area (TPSA) is 78.9 Å². The number of hydrogen-bond acceptors (Lipinski definition) is 6. The molecule has 0 saturated carbocycles. The normalized spacial score (nSPS) is 13.1. The molecule has 1 atom stereocenters. The van der Waals surface area contributed by atoms with Gasteiger partial charge in [0.15, 0.2) is 6.10 Å². The van der Waals surface area contributed by atoms with Gasteiger partial charge >= 0.3 is 17.9 Å². The van der Waals surface area contributed by atoms with E-state index in [0.717, 1.165) is 116 Å². The van der Waals surface area contributed by atoms with Gasteiger partial charge in [-0.25, -0.2) is 0 Å². The Labute approximate surface area is 399 Å². The van der Waals surface area contributed by atoms with Crippen LogP contribution in [0.5, 0.6) is 0 Å². The minimum Gasteiger partial charge on any atom is -0.462 e. The highest BCUT2D eigenvalue weighted by Gasteiger charge is 2.19. The van der Waals surface area contributed by atoms with Crippen LogP contribution in [0.2, 0.25) is 0 Å². The maximum absolute atomic E-state index is 12.8. The van der Waals surface area contributed by atoms with E-state index in [4.69, 9.17) is 14.2 Å². The summed E-state index contributed by atoms with van der Waals surface area (Å²) in [6.45, 7) is 6.30. The summed E-state index contributed by atoms with van der Waals surface area (Å²) < 4.78 is 16.7. The summed E-state index contributed by atoms with van der Waals surface area (Å²) >= 11 is 0. The molecular formula is C59H94O6. The summed E-state index contributed by atoms with van der Waals surface area (Å²) in [4.78, 5) is 38.0. The highest BCUT2D eigenvalue weighted by molar-refractivity contribution is 5.71. The molecule has 0 aromatic rings. The maximum Gasteiger partial charge on any atom is 0.306 e. The standard InChI is InChI=1S/C59H94O6/c1-4-7-10-13-16-19-22-25-27-29-30-31-33-34-37-40-43-46-49-52-58(61)64-55-56(54-63-57(60)51-48-45-42-39-36-24-21-18-15-12-9-6-3)65-59(62)53-50-47-44-41-38-35-32-28-26-23-20-17-14-11-8-5-2/h7,9-10,12,16,18-19,21,25,27-28,30-32,34-39,56H,4-6,8,11,13-15,17,20,22-24,26,29,33,40-55H2,1-3H3/b10-7-,12-9-,19-16-,21-18-,27-25-,31-30-,32-28-,37-34-,38-35-,39-36-. The van der Waals surface area contributed by atoms with Gasteiger partial charge in [-0.2, -0.15) is 0 Å². The number of rotatable bonds is 45. The fourth-order valence-electron chi connectivity index (χ4n) is 6.59. The first kappa shape index (κ1) is 60.8. The molecule has 0 spiro atoms. The van der Waals surface area contributed by atoms with Crippen LogP contribution in [0, 0.1) is 0 Å². The Balaban J connectivity index is 4.54. The van der Waals surface area contributed by atoms with E-state index in [-0.39, 0.29) is 37.5 Å². The van der Waals surface area contributed by atoms with Gasteiger partial charge in [0.25, 0.3) is 0 Å². The van der Waals surface area contributed by atoms with Crippen LogP contribution in [0.3, 0.4) is 0 Å². The van der Waals surface area contributed by atoms with Crippen molar-refractivity contribution >= 4 is 17.9 Å². The fourth-order valence-corrected chi connectivity index (χ4v) is 6.59. The zero-order valence-corrected chi connectivity index (χ0v) is 41.7. The minimum absolute atomic E-state index is 0.122. The second-order valence-electron chi connectivity index (χ2n) is 16.7. The van der Waals surface area contributed by atoms with Crippen molar-refractivity contribution in [3.05, 3.63) is 122 Å². The lowest BCUT2D eigenvalue weighted by molar-refractivity contribution is -0.167. The van der Waals surface area contributed by atoms with E-state index in [1.54, 1.807) is 0 Å². The molecule has 0 bridgehead atoms. The van der Waals surface area contributed by atoms with Crippen LogP contribution in [0.4, 0.5) is 0 Å². The molecule has 0 amide bonds. The molecule has 0 aliphatic rings. The van der Waals surface area contributed by atoms with Crippen LogP contribution in [0.25, 0.3) is 0 Å². The molecule has 0 radical (unpaired) electrons. The van der Waals surface area contributed by atoms with Crippen molar-refractivity contribution in [1.29, 1.82) is 0 Å². The van der Waals surface area contributed by atoms with Gasteiger partial charge in [-0.3, -0.25) is 14.4 Å². The Hall–Kier alpha value is -4.19. The first-order valence-corrected chi connectivity index (χ1v) is 26.1. The van der Waals surface area contributed by atoms with E-state index in [2.05, 4.69) is 142 Å². The highest BCUT2D eigenvalue weighted by Crippen LogP contribution is 2.12. The van der Waals surface area contributed by atoms with E-state index >= 15 is 0 Å². The van der Waals surface area contributed by atoms with E-state index in [1.165, 1.54) is 44.9 Å². The Morgan fingerprint density at radius 3 is 1.06 bits per heavy atom. The summed E-state index contributed by atoms with van der Waals surface area (Å²) in [5.41, 5.74) is 0. The van der Waals surface area contributed by atoms with Crippen molar-refractivity contribution < 1.29 is 28.6 Å². The van der Waals surface area contributed by atoms with E-state index in [1.807, 2.05) is 0 Å². The van der Waals surface area contributed by atoms with Gasteiger partial charge in [-0.05, 0) is 122 Å². The lowest BCUT2D eigenvalue weighted by Gasteiger charge is -2.18. The third kappa shape index (κ3) is 50.7. The number of ether oxygens (including phenoxy) is 3. The molecule has 0 saturated heterocycles. The first-order valence-electron chi connectivity index (χ1n) is 26.1. The quantitative estimate of drug-likeness (QED) is 0.0199. The van der Waals surface area contributed by atoms with Crippen LogP contribution in [-0.4, -0.2) is 37.2 Å². The van der Waals surface area contributed by atoms with Gasteiger partial charge in [-0.1, -0.05) is 194 Å². The van der Waals surface area contributed by atoms with Crippen molar-refractivity contribution in [1.82, 2.24) is 0 Å². The summed E-state index contributed by atoms with van der Waals surface area (Å²) in [6, 6.07) is 0. The van der Waals surface area contributed by atoms with Gasteiger partial charge in [0.1, 0.15) is 13.2 Å². The number of allylic oxidation sites excluding steroid dienone is 20. The number of carbonyl (C=O) groups is 3. The first-order chi connectivity index (χ1) is 32.0. The molecule has 0 aliphatic heterocycles. The number of carbonyl (C=O) groups excluding carboxylic acids is 3. The van der Waals surface area contributed by atoms with Crippen LogP contribution in [0.15, 0.2) is 122 Å². The van der Waals surface area contributed by atoms with E-state index in [9.17, 15) is 14.4 Å². The molecule has 0 rings (SSSR count). The van der Waals surface area contributed by atoms with Gasteiger partial charge in [-0.15, -0.1) is 0 Å². The lowest BCUT2D eigenvalue weighted by atomic mass is 10.1. The van der Waals surface area contributed by atoms with Crippen LogP contribution < -0.4 is 0 Å². The smallest absolute Gasteiger partial charge is 0.306 e. The third-order valence-corrected chi connectivity index (χ3v) is 10.5. The second-order valence-corrected chi connectivity index (χ2v) is 16.7. The number of hydrogen-bond donors (Lipinski definition) is 0. The Bertz CT molecular complexity index is 1400. The zero-order chi connectivity index (χ0) is 47.2. The molecule has 65 heavy (non-hydrogen) atoms. The minimum atomic E-state index is -0.824. The average Bonchev–Trinajstić information content (AvgIpc) is 3.30. The summed E-state index contributed by atoms with van der Waals surface area (Å²) in [5, 5.41) is 0. The molecule has 6 nitrogen and oxygen atoms in total. The number of esters is 3. The molecule has 0 N–H and O–H groups in total. The molecule has 0 aromatic heterocycles. The van der Waals surface area contributed by atoms with Gasteiger partial charge in [0.05, 0.1) is 0 Å². The van der Waals surface area contributed by atoms with Crippen LogP contribution >= 0.6 is 0 Å². The predicted octanol–water partition coefficient (Wildman–Crippen LogP) is 17.3. The molecule has 0 fully saturated rings. The average molecular weight is 899 g/mol. The molecule has 6 heteroatoms. The molecule has 1 unspecified atom stereocenters. The summed E-state index contributed by atoms with van der Waals surface area (Å²) in [5.74, 6) is -1.03. The Kier molecular flexibility index (Phi) is 49.1. The van der Waals surface area contributed by atoms with Crippen LogP contribution in [0.1, 0.15) is 213 Å². The summed E-state index contributed by atoms with van der Waals surface area (Å²) in [7, 11) is 0. The SMILES string of the molecule is CC/C=C\C/C=C\C/C=C\C/C=C\C/C=C\CCCCCC(=O)OCC(COC(=O)CCCC/C=C\C/C=C\C/C=C\CC)OC(=O)CCCCC/C=C\C=C/CCCCCCCCC. The Morgan fingerprint density at radius 2 is 0.646 bits per heavy atom. The zero-order valence-electron chi connectivity index (χ0n) is 41.7. The summed E-state index contributed by atoms with van der Waals surface area (Å²) in [6.07, 6.45) is 71.9. The molecule has 0 aromatic carbocycles. The molecule has 0 aliphatic carbocycles. The monoisotopic (exact) mass is 899 g/mol. The maximum atomic E-state index is 12.8. The largest absolute Gasteiger partial charge is 0.462 e. The molecular weight excluding hydrogens is 805 g/mol. The van der Waals surface area contributed by atoms with Crippen molar-refractivity contribution in [3.63, 3.8) is 0 Å². The van der Waals surface area contributed by atoms with Crippen molar-refractivity contribution in [3.8, 4) is 0 Å². The van der Waals surface area contributed by atoms with Gasteiger partial charge < -0.3 is 14.2 Å². The number of unbranched alkanes of at least 4 members (excludes halogenated alkanes) is 15. The van der Waals surface area contributed by atoms with Crippen molar-refractivity contribution in [2.24, 2.45) is 0 Å². The fraction of sp³-hybridized carbons (Fsp3) is 0.610. The van der Waals surface area contributed by atoms with Crippen LogP contribution in [-0.2, 0) is 28.6 Å².